The van der Waals surface area contributed by atoms with Gasteiger partial charge in [-0.2, -0.15) is 0 Å². The fraction of sp³-hybridized carbons (Fsp3) is 0.255. The van der Waals surface area contributed by atoms with Crippen LogP contribution >= 0.6 is 48.8 Å². The number of imide groups is 2. The number of nitro benzene ring substituents is 2. The van der Waals surface area contributed by atoms with Crippen molar-refractivity contribution in [2.24, 2.45) is 5.73 Å². The number of halogens is 19. The van der Waals surface area contributed by atoms with E-state index in [0.717, 1.165) is 98.5 Å². The molecule has 16 rings (SSSR count). The Kier molecular flexibility index (Phi) is 43.0. The third-order valence-corrected chi connectivity index (χ3v) is 21.2. The first-order chi connectivity index (χ1) is 67.7. The maximum absolute atomic E-state index is 13.4. The highest BCUT2D eigenvalue weighted by atomic mass is 128. The number of hydrogen-bond acceptors (Lipinski definition) is 22. The second-order valence-corrected chi connectivity index (χ2v) is 31.4. The Labute approximate surface area is 829 Å². The van der Waals surface area contributed by atoms with Gasteiger partial charge >= 0.3 is 24.4 Å². The third kappa shape index (κ3) is 32.3. The number of nitro groups is 2. The zero-order valence-corrected chi connectivity index (χ0v) is 79.4. The highest BCUT2D eigenvalue weighted by Crippen LogP contribution is 2.36. The van der Waals surface area contributed by atoms with E-state index in [1.165, 1.54) is 60.0 Å². The van der Waals surface area contributed by atoms with Gasteiger partial charge in [-0.05, 0) is 173 Å². The fourth-order valence-corrected chi connectivity index (χ4v) is 13.7. The van der Waals surface area contributed by atoms with Crippen LogP contribution in [-0.2, 0) is 41.4 Å². The van der Waals surface area contributed by atoms with E-state index in [-0.39, 0.29) is 111 Å². The molecule has 0 aromatic heterocycles. The number of alkyl halides is 1. The first-order valence-corrected chi connectivity index (χ1v) is 48.8. The number of anilines is 5. The molecule has 10 aromatic carbocycles. The molecule has 4 fully saturated rings. The Morgan fingerprint density at radius 1 is 0.406 bits per heavy atom. The summed E-state index contributed by atoms with van der Waals surface area (Å²) < 4.78 is 225. The normalized spacial score (nSPS) is 16.0. The Balaban J connectivity index is 0.000000203. The lowest BCUT2D eigenvalue weighted by atomic mass is 10.1. The number of Topliss-reactive ketones (excluding diaryl/α,β-unsaturated/α-hetero) is 2. The number of carbonyl (C=O) groups is 10. The summed E-state index contributed by atoms with van der Waals surface area (Å²) in [5.74, 6) is -18.1. The van der Waals surface area contributed by atoms with Crippen LogP contribution < -0.4 is 31.1 Å². The summed E-state index contributed by atoms with van der Waals surface area (Å²) in [7, 11) is 0. The van der Waals surface area contributed by atoms with Crippen molar-refractivity contribution < 1.29 is 157 Å². The minimum atomic E-state index is -1.38. The van der Waals surface area contributed by atoms with Gasteiger partial charge in [-0.15, -0.1) is 11.6 Å². The number of non-ortho nitro benzene ring substituents is 1. The van der Waals surface area contributed by atoms with Crippen LogP contribution in [0.4, 0.5) is 129 Å². The number of amides is 8. The number of aliphatic hydroxyl groups is 2. The number of ketones is 2. The topological polar surface area (TPSA) is 406 Å². The molecule has 0 radical (unpaired) electrons. The van der Waals surface area contributed by atoms with Crippen LogP contribution in [-0.4, -0.2) is 178 Å². The highest BCUT2D eigenvalue weighted by Gasteiger charge is 2.43. The zero-order chi connectivity index (χ0) is 106. The Hall–Kier alpha value is -14.0. The van der Waals surface area contributed by atoms with E-state index in [1.54, 1.807) is 48.5 Å². The standard InChI is InChI=1S/C18H12F2N2O4.C18H15F2NO3.C13H12F2N2O5.C13H13F2NO3.C10H11ClF2O.C10H10F2N2O2.C6H3F2NO2.C6H5F2N.I2/c19-14-6-5-10(7-15(14)20)21-8-11(26-18(21)25)9-22-16(23)12-3-1-2-4-13(12)17(22)24;19-15-8-6-11(9-16(15)20)5-7-12(22)10-21-17(23)13-3-1-2-4-14(13)18(21)24;1-7(18)2-3-8-6-16(13(19)22-8)11-4-9(14)10(15)5-12(11)17(20)21;1-8(17)2-4-10-7-16(13(18)19-10)9-3-5-11(14)12(15)6-9;11-6-8(14)3-1-7-2-4-9(12)10(13)5-7;11-8-2-1-6(3-9(8)12)14-5-7(4-13)16-10(14)15;7-5-2-1-4(9(10)11)3-6(5)8;7-5-2-1-4(9)3-6(5)8;1-2/h1-7,11H,8-9H2;1-4,6,8-9,12,22H,5,7,10H2;4-5,8H,2-3,6H2,1H3;3,5-6,10H,2,4,7H2,1H3;2,4-5,8,14H,1,3,6H2;1-3,7H,4-5,13H2;1-3H;1-3H,9H2;/t11-;12-;8-;10-;8-;7-;;;/m110010.../s1. The number of rotatable bonds is 24. The molecular formula is C94H81ClF16I2N10O20. The van der Waals surface area contributed by atoms with Crippen LogP contribution in [0.5, 0.6) is 0 Å². The van der Waals surface area contributed by atoms with Gasteiger partial charge in [0.05, 0.1) is 113 Å². The second kappa shape index (κ2) is 53.7. The maximum atomic E-state index is 13.4. The van der Waals surface area contributed by atoms with Gasteiger partial charge in [-0.3, -0.25) is 68.8 Å². The van der Waals surface area contributed by atoms with Gasteiger partial charge in [0.1, 0.15) is 41.7 Å². The smallest absolute Gasteiger partial charge is 0.414 e. The third-order valence-electron chi connectivity index (χ3n) is 20.8. The van der Waals surface area contributed by atoms with Crippen molar-refractivity contribution >= 4 is 148 Å². The molecule has 0 unspecified atom stereocenters. The molecule has 0 aliphatic carbocycles. The van der Waals surface area contributed by atoms with Crippen LogP contribution in [0.1, 0.15) is 105 Å². The SMILES string of the molecule is CC(=O)CC[C@H]1CN(c2cc(F)c(F)cc2[N+](=O)[O-])C(=O)O1.CC(=O)CC[C@H]1CN(c2ccc(F)c(F)c2)C(=O)O1.II.NC[C@H]1CN(c2ccc(F)c(F)c2)C(=O)O1.Nc1ccc(F)c(F)c1.O=C1c2ccccc2C(=O)N1C[C@H](O)CCc1ccc(F)c(F)c1.O=C1c2ccccc2C(=O)N1C[C@H]1CN(c2ccc(F)c(F)c2)C(=O)O1.O=[N+]([O-])c1ccc(F)c(F)c1.O[C@@H](CCl)CCc1ccc(F)c(F)c1. The van der Waals surface area contributed by atoms with Crippen molar-refractivity contribution in [3.63, 3.8) is 0 Å². The molecule has 143 heavy (non-hydrogen) atoms. The molecule has 10 aromatic rings. The number of β-amino-alcohol motifs (C(OH)–C–C–N with tert-alkyl or cyclic N) is 1. The van der Waals surface area contributed by atoms with E-state index in [2.05, 4.69) is 37.2 Å². The number of nitrogens with zero attached hydrogens (tertiary/aromatic N) is 8. The summed E-state index contributed by atoms with van der Waals surface area (Å²) >= 11 is 9.63. The van der Waals surface area contributed by atoms with E-state index in [0.29, 0.717) is 89.8 Å². The lowest BCUT2D eigenvalue weighted by Gasteiger charge is -2.18. The predicted molar refractivity (Wildman–Crippen MR) is 499 cm³/mol. The highest BCUT2D eigenvalue weighted by molar-refractivity contribution is 15.0. The number of hydrogen-bond donors (Lipinski definition) is 4. The number of aryl methyl sites for hydroxylation is 2. The van der Waals surface area contributed by atoms with Gasteiger partial charge in [0, 0.05) is 98.5 Å². The molecule has 760 valence electrons. The minimum Gasteiger partial charge on any atom is -0.444 e. The zero-order valence-electron chi connectivity index (χ0n) is 74.3. The predicted octanol–water partition coefficient (Wildman–Crippen LogP) is 19.3. The second-order valence-electron chi connectivity index (χ2n) is 31.1. The Morgan fingerprint density at radius 3 is 1.08 bits per heavy atom. The Bertz CT molecular complexity index is 6290. The molecule has 6 aliphatic heterocycles. The first kappa shape index (κ1) is 114. The van der Waals surface area contributed by atoms with Crippen molar-refractivity contribution in [3.8, 4) is 0 Å². The largest absolute Gasteiger partial charge is 0.444 e. The van der Waals surface area contributed by atoms with Crippen LogP contribution in [0.15, 0.2) is 188 Å². The molecule has 0 saturated carbocycles. The molecule has 6 heterocycles. The number of cyclic esters (lactones) is 4. The van der Waals surface area contributed by atoms with Gasteiger partial charge < -0.3 is 50.2 Å². The monoisotopic (exact) mass is 2260 g/mol. The minimum absolute atomic E-state index is 0.0112. The average molecular weight is 2260 g/mol. The number of carbonyl (C=O) groups excluding carboxylic acids is 10. The summed E-state index contributed by atoms with van der Waals surface area (Å²) in [6.45, 7) is 3.23. The summed E-state index contributed by atoms with van der Waals surface area (Å²) in [6, 6.07) is 36.1. The van der Waals surface area contributed by atoms with Gasteiger partial charge in [0.15, 0.2) is 93.1 Å². The summed E-state index contributed by atoms with van der Waals surface area (Å²) in [5.41, 5.74) is 12.3. The fourth-order valence-electron chi connectivity index (χ4n) is 13.6. The first-order valence-electron chi connectivity index (χ1n) is 42.0. The van der Waals surface area contributed by atoms with E-state index < -0.39 is 199 Å². The molecule has 49 heteroatoms. The quantitative estimate of drug-likeness (QED) is 0.00638. The van der Waals surface area contributed by atoms with E-state index >= 15 is 0 Å². The van der Waals surface area contributed by atoms with Crippen LogP contribution in [0.2, 0.25) is 0 Å². The number of nitrogen functional groups attached to an aromatic ring is 1. The molecule has 6 N–H and O–H groups in total. The van der Waals surface area contributed by atoms with E-state index in [1.807, 2.05) is 0 Å². The lowest BCUT2D eigenvalue weighted by Crippen LogP contribution is -2.38. The summed E-state index contributed by atoms with van der Waals surface area (Å²) in [4.78, 5) is 143. The number of ether oxygens (including phenoxy) is 4. The molecule has 30 nitrogen and oxygen atoms in total. The number of fused-ring (bicyclic) bond motifs is 2. The molecular weight excluding hydrogens is 2180 g/mol. The van der Waals surface area contributed by atoms with Crippen molar-refractivity contribution in [1.82, 2.24) is 9.80 Å². The molecule has 0 bridgehead atoms. The van der Waals surface area contributed by atoms with Crippen LogP contribution in [0.3, 0.4) is 0 Å². The van der Waals surface area contributed by atoms with Crippen molar-refractivity contribution in [2.75, 3.05) is 77.0 Å². The van der Waals surface area contributed by atoms with Crippen LogP contribution in [0, 0.1) is 113 Å². The van der Waals surface area contributed by atoms with Gasteiger partial charge in [0.2, 0.25) is 0 Å². The van der Waals surface area contributed by atoms with E-state index in [9.17, 15) is 144 Å². The molecule has 8 amide bonds. The van der Waals surface area contributed by atoms with E-state index in [4.69, 9.17) is 47.1 Å². The number of nitrogens with two attached hydrogens (primary N) is 2. The average Bonchev–Trinajstić information content (AvgIpc) is 1.61. The molecule has 4 saturated heterocycles. The van der Waals surface area contributed by atoms with Gasteiger partial charge in [0.25, 0.3) is 35.0 Å². The van der Waals surface area contributed by atoms with Crippen molar-refractivity contribution in [3.05, 3.63) is 335 Å². The van der Waals surface area contributed by atoms with Gasteiger partial charge in [-0.25, -0.2) is 89.4 Å². The lowest BCUT2D eigenvalue weighted by molar-refractivity contribution is -0.385. The molecule has 6 aliphatic rings. The summed E-state index contributed by atoms with van der Waals surface area (Å²) in [6.07, 6.45) is -3.93. The maximum Gasteiger partial charge on any atom is 0.414 e. The van der Waals surface area contributed by atoms with Crippen molar-refractivity contribution in [2.45, 2.75) is 102 Å². The molecule has 0 spiro atoms. The number of aliphatic hydroxyl groups excluding tert-OH is 2. The summed E-state index contributed by atoms with van der Waals surface area (Å²) in [5, 5.41) is 40.2. The van der Waals surface area contributed by atoms with Gasteiger partial charge in [-0.1, -0.05) is 36.4 Å². The Morgan fingerprint density at radius 2 is 0.727 bits per heavy atom. The molecule has 6 atom stereocenters. The van der Waals surface area contributed by atoms with Crippen LogP contribution in [0.25, 0.3) is 0 Å². The van der Waals surface area contributed by atoms with Crippen molar-refractivity contribution in [1.29, 1.82) is 0 Å². The number of benzene rings is 10.